The predicted octanol–water partition coefficient (Wildman–Crippen LogP) is 2.27. The van der Waals surface area contributed by atoms with Gasteiger partial charge in [-0.2, -0.15) is 0 Å². The summed E-state index contributed by atoms with van der Waals surface area (Å²) in [6, 6.07) is 5.47. The molecule has 1 saturated heterocycles. The van der Waals surface area contributed by atoms with Crippen molar-refractivity contribution >= 4 is 0 Å². The Kier molecular flexibility index (Phi) is 4.09. The molecule has 3 atom stereocenters. The van der Waals surface area contributed by atoms with Gasteiger partial charge >= 0.3 is 0 Å². The van der Waals surface area contributed by atoms with Gasteiger partial charge in [-0.05, 0) is 31.9 Å². The lowest BCUT2D eigenvalue weighted by molar-refractivity contribution is 0.0392. The lowest BCUT2D eigenvalue weighted by atomic mass is 9.98. The third-order valence-corrected chi connectivity index (χ3v) is 3.46. The Bertz CT molecular complexity index is 386. The van der Waals surface area contributed by atoms with E-state index in [1.54, 1.807) is 14.2 Å². The van der Waals surface area contributed by atoms with E-state index in [9.17, 15) is 0 Å². The van der Waals surface area contributed by atoms with Gasteiger partial charge in [0.2, 0.25) is 0 Å². The van der Waals surface area contributed by atoms with Gasteiger partial charge in [0.05, 0.1) is 38.0 Å². The average Bonchev–Trinajstić information content (AvgIpc) is 2.83. The van der Waals surface area contributed by atoms with Crippen molar-refractivity contribution in [3.8, 4) is 11.5 Å². The average molecular weight is 251 g/mol. The lowest BCUT2D eigenvalue weighted by Gasteiger charge is -2.23. The molecule has 0 spiro atoms. The Balaban J connectivity index is 2.30. The zero-order chi connectivity index (χ0) is 13.1. The van der Waals surface area contributed by atoms with Crippen LogP contribution in [0.1, 0.15) is 31.4 Å². The minimum absolute atomic E-state index is 0.0326. The number of nitrogens with two attached hydrogens (primary N) is 1. The molecule has 1 aliphatic heterocycles. The van der Waals surface area contributed by atoms with Crippen LogP contribution >= 0.6 is 0 Å². The summed E-state index contributed by atoms with van der Waals surface area (Å²) >= 11 is 0. The molecular formula is C14H21NO3. The number of hydrogen-bond donors (Lipinski definition) is 1. The predicted molar refractivity (Wildman–Crippen MR) is 70.0 cm³/mol. The summed E-state index contributed by atoms with van der Waals surface area (Å²) in [6.07, 6.45) is 2.34. The minimum Gasteiger partial charge on any atom is -0.496 e. The Morgan fingerprint density at radius 3 is 2.28 bits per heavy atom. The van der Waals surface area contributed by atoms with E-state index in [1.807, 2.05) is 18.2 Å². The first-order valence-electron chi connectivity index (χ1n) is 6.29. The van der Waals surface area contributed by atoms with Gasteiger partial charge in [0, 0.05) is 0 Å². The van der Waals surface area contributed by atoms with E-state index in [-0.39, 0.29) is 18.2 Å². The van der Waals surface area contributed by atoms with Crippen LogP contribution in [0.2, 0.25) is 0 Å². The maximum atomic E-state index is 6.33. The molecule has 2 rings (SSSR count). The van der Waals surface area contributed by atoms with Crippen LogP contribution in [0.4, 0.5) is 0 Å². The molecule has 3 unspecified atom stereocenters. The topological polar surface area (TPSA) is 53.7 Å². The van der Waals surface area contributed by atoms with Crippen molar-refractivity contribution in [2.24, 2.45) is 5.73 Å². The van der Waals surface area contributed by atoms with Crippen molar-refractivity contribution < 1.29 is 14.2 Å². The summed E-state index contributed by atoms with van der Waals surface area (Å²) in [4.78, 5) is 0. The molecule has 0 radical (unpaired) electrons. The zero-order valence-electron chi connectivity index (χ0n) is 11.2. The summed E-state index contributed by atoms with van der Waals surface area (Å²) in [5.74, 6) is 1.51. The molecule has 100 valence electrons. The summed E-state index contributed by atoms with van der Waals surface area (Å²) < 4.78 is 16.6. The first-order valence-corrected chi connectivity index (χ1v) is 6.29. The molecule has 18 heavy (non-hydrogen) atoms. The number of ether oxygens (including phenoxy) is 3. The Morgan fingerprint density at radius 2 is 1.83 bits per heavy atom. The molecule has 0 aromatic heterocycles. The van der Waals surface area contributed by atoms with Crippen molar-refractivity contribution in [2.75, 3.05) is 14.2 Å². The molecule has 1 aromatic rings. The summed E-state index contributed by atoms with van der Waals surface area (Å²) in [5.41, 5.74) is 7.22. The van der Waals surface area contributed by atoms with E-state index in [0.29, 0.717) is 0 Å². The zero-order valence-corrected chi connectivity index (χ0v) is 11.2. The number of rotatable bonds is 4. The van der Waals surface area contributed by atoms with Gasteiger partial charge in [-0.15, -0.1) is 0 Å². The van der Waals surface area contributed by atoms with Crippen molar-refractivity contribution in [1.29, 1.82) is 0 Å². The number of hydrogen-bond acceptors (Lipinski definition) is 4. The first kappa shape index (κ1) is 13.2. The van der Waals surface area contributed by atoms with Crippen LogP contribution in [0.15, 0.2) is 18.2 Å². The first-order chi connectivity index (χ1) is 8.67. The fourth-order valence-electron chi connectivity index (χ4n) is 2.49. The van der Waals surface area contributed by atoms with Gasteiger partial charge in [0.15, 0.2) is 0 Å². The molecule has 0 aliphatic carbocycles. The lowest BCUT2D eigenvalue weighted by Crippen LogP contribution is -2.27. The van der Waals surface area contributed by atoms with Crippen molar-refractivity contribution in [2.45, 2.75) is 38.0 Å². The second-order valence-corrected chi connectivity index (χ2v) is 4.66. The van der Waals surface area contributed by atoms with Crippen LogP contribution in [0.3, 0.4) is 0 Å². The minimum atomic E-state index is -0.221. The monoisotopic (exact) mass is 251 g/mol. The van der Waals surface area contributed by atoms with Crippen LogP contribution in [0.5, 0.6) is 11.5 Å². The van der Waals surface area contributed by atoms with Crippen molar-refractivity contribution in [1.82, 2.24) is 0 Å². The smallest absolute Gasteiger partial charge is 0.127 e. The van der Waals surface area contributed by atoms with Crippen LogP contribution in [0, 0.1) is 0 Å². The van der Waals surface area contributed by atoms with Gasteiger partial charge in [-0.3, -0.25) is 0 Å². The second-order valence-electron chi connectivity index (χ2n) is 4.66. The fourth-order valence-corrected chi connectivity index (χ4v) is 2.49. The van der Waals surface area contributed by atoms with Crippen LogP contribution in [-0.4, -0.2) is 26.4 Å². The standard InChI is InChI=1S/C14H21NO3/c1-9-7-8-12(18-9)14(15)13-10(16-2)5-4-6-11(13)17-3/h4-6,9,12,14H,7-8,15H2,1-3H3. The molecular weight excluding hydrogens is 230 g/mol. The van der Waals surface area contributed by atoms with E-state index in [2.05, 4.69) is 6.92 Å². The van der Waals surface area contributed by atoms with Gasteiger partial charge in [0.1, 0.15) is 11.5 Å². The molecule has 2 N–H and O–H groups in total. The van der Waals surface area contributed by atoms with Crippen molar-refractivity contribution in [3.63, 3.8) is 0 Å². The van der Waals surface area contributed by atoms with E-state index in [0.717, 1.165) is 29.9 Å². The van der Waals surface area contributed by atoms with Gasteiger partial charge in [-0.25, -0.2) is 0 Å². The molecule has 0 amide bonds. The van der Waals surface area contributed by atoms with Crippen LogP contribution in [0.25, 0.3) is 0 Å². The normalized spacial score (nSPS) is 24.9. The third-order valence-electron chi connectivity index (χ3n) is 3.46. The highest BCUT2D eigenvalue weighted by Gasteiger charge is 2.31. The maximum absolute atomic E-state index is 6.33. The van der Waals surface area contributed by atoms with E-state index < -0.39 is 0 Å². The number of benzene rings is 1. The maximum Gasteiger partial charge on any atom is 0.127 e. The van der Waals surface area contributed by atoms with E-state index in [1.165, 1.54) is 0 Å². The molecule has 0 bridgehead atoms. The highest BCUT2D eigenvalue weighted by molar-refractivity contribution is 5.47. The second kappa shape index (κ2) is 5.59. The molecule has 0 saturated carbocycles. The molecule has 1 heterocycles. The van der Waals surface area contributed by atoms with Gasteiger partial charge in [0.25, 0.3) is 0 Å². The van der Waals surface area contributed by atoms with Crippen LogP contribution < -0.4 is 15.2 Å². The molecule has 1 fully saturated rings. The number of methoxy groups -OCH3 is 2. The molecule has 4 heteroatoms. The molecule has 4 nitrogen and oxygen atoms in total. The summed E-state index contributed by atoms with van der Waals surface area (Å²) in [6.45, 7) is 2.08. The van der Waals surface area contributed by atoms with Gasteiger partial charge in [-0.1, -0.05) is 6.07 Å². The highest BCUT2D eigenvalue weighted by atomic mass is 16.5. The van der Waals surface area contributed by atoms with Crippen molar-refractivity contribution in [3.05, 3.63) is 23.8 Å². The van der Waals surface area contributed by atoms with Crippen LogP contribution in [-0.2, 0) is 4.74 Å². The Morgan fingerprint density at radius 1 is 1.22 bits per heavy atom. The quantitative estimate of drug-likeness (QED) is 0.892. The Hall–Kier alpha value is -1.26. The summed E-state index contributed by atoms with van der Waals surface area (Å²) in [5, 5.41) is 0. The SMILES string of the molecule is COc1cccc(OC)c1C(N)C1CCC(C)O1. The van der Waals surface area contributed by atoms with E-state index >= 15 is 0 Å². The largest absolute Gasteiger partial charge is 0.496 e. The summed E-state index contributed by atoms with van der Waals surface area (Å²) in [7, 11) is 3.28. The van der Waals surface area contributed by atoms with Gasteiger partial charge < -0.3 is 19.9 Å². The molecule has 1 aliphatic rings. The Labute approximate surface area is 108 Å². The fraction of sp³-hybridized carbons (Fsp3) is 0.571. The van der Waals surface area contributed by atoms with E-state index in [4.69, 9.17) is 19.9 Å². The highest BCUT2D eigenvalue weighted by Crippen LogP contribution is 2.38. The molecule has 1 aromatic carbocycles. The third kappa shape index (κ3) is 2.44.